The van der Waals surface area contributed by atoms with Crippen molar-refractivity contribution >= 4 is 32.9 Å². The van der Waals surface area contributed by atoms with E-state index >= 15 is 0 Å². The van der Waals surface area contributed by atoms with E-state index in [9.17, 15) is 9.90 Å². The maximum atomic E-state index is 11.8. The fourth-order valence-electron chi connectivity index (χ4n) is 2.94. The number of aliphatic hydroxyl groups excluding tert-OH is 1. The quantitative estimate of drug-likeness (QED) is 0.533. The molecule has 0 spiro atoms. The van der Waals surface area contributed by atoms with E-state index in [0.717, 1.165) is 26.6 Å². The molecule has 2 aromatic carbocycles. The molecule has 0 aliphatic rings. The molecule has 5 nitrogen and oxygen atoms in total. The summed E-state index contributed by atoms with van der Waals surface area (Å²) >= 11 is 3.48. The zero-order valence-corrected chi connectivity index (χ0v) is 16.6. The van der Waals surface area contributed by atoms with Crippen LogP contribution in [0.25, 0.3) is 11.0 Å². The molecule has 0 bridgehead atoms. The van der Waals surface area contributed by atoms with E-state index in [1.54, 1.807) is 6.92 Å². The number of aliphatic hydroxyl groups is 1. The van der Waals surface area contributed by atoms with Gasteiger partial charge in [-0.3, -0.25) is 4.79 Å². The van der Waals surface area contributed by atoms with Gasteiger partial charge in [-0.25, -0.2) is 0 Å². The van der Waals surface area contributed by atoms with Crippen LogP contribution in [0.1, 0.15) is 23.8 Å². The Morgan fingerprint density at radius 2 is 2.04 bits per heavy atom. The van der Waals surface area contributed by atoms with Gasteiger partial charge in [0, 0.05) is 27.4 Å². The first kappa shape index (κ1) is 19.5. The second kappa shape index (κ2) is 9.06. The molecule has 0 saturated carbocycles. The Morgan fingerprint density at radius 3 is 2.81 bits per heavy atom. The molecule has 0 atom stereocenters. The Morgan fingerprint density at radius 1 is 1.22 bits per heavy atom. The van der Waals surface area contributed by atoms with E-state index in [0.29, 0.717) is 24.5 Å². The second-order valence-electron chi connectivity index (χ2n) is 6.00. The molecule has 142 valence electrons. The van der Waals surface area contributed by atoms with Crippen LogP contribution in [0.15, 0.2) is 51.4 Å². The summed E-state index contributed by atoms with van der Waals surface area (Å²) in [6.07, 6.45) is 0.570. The van der Waals surface area contributed by atoms with Gasteiger partial charge in [0.05, 0.1) is 19.6 Å². The first-order chi connectivity index (χ1) is 13.1. The Balaban J connectivity index is 1.86. The summed E-state index contributed by atoms with van der Waals surface area (Å²) in [7, 11) is 0. The molecule has 0 fully saturated rings. The van der Waals surface area contributed by atoms with Crippen LogP contribution in [0, 0.1) is 0 Å². The number of halogens is 1. The summed E-state index contributed by atoms with van der Waals surface area (Å²) in [6.45, 7) is 2.40. The predicted molar refractivity (Wildman–Crippen MR) is 106 cm³/mol. The minimum Gasteiger partial charge on any atom is -0.488 e. The summed E-state index contributed by atoms with van der Waals surface area (Å²) in [5.41, 5.74) is 2.42. The Hall–Kier alpha value is -2.31. The van der Waals surface area contributed by atoms with Crippen LogP contribution in [-0.4, -0.2) is 24.3 Å². The zero-order valence-electron chi connectivity index (χ0n) is 15.0. The first-order valence-electron chi connectivity index (χ1n) is 8.79. The topological polar surface area (TPSA) is 68.9 Å². The molecule has 3 rings (SSSR count). The smallest absolute Gasteiger partial charge is 0.310 e. The molecule has 0 saturated heterocycles. The average Bonchev–Trinajstić information content (AvgIpc) is 2.98. The van der Waals surface area contributed by atoms with Crippen molar-refractivity contribution in [3.05, 3.63) is 63.8 Å². The molecular formula is C21H21BrO5. The van der Waals surface area contributed by atoms with Gasteiger partial charge in [-0.1, -0.05) is 34.1 Å². The Bertz CT molecular complexity index is 931. The number of ether oxygens (including phenoxy) is 2. The first-order valence-corrected chi connectivity index (χ1v) is 9.58. The molecular weight excluding hydrogens is 412 g/mol. The van der Waals surface area contributed by atoms with Gasteiger partial charge in [0.1, 0.15) is 23.7 Å². The van der Waals surface area contributed by atoms with E-state index in [4.69, 9.17) is 13.9 Å². The lowest BCUT2D eigenvalue weighted by Gasteiger charge is -2.11. The monoisotopic (exact) mass is 432 g/mol. The minimum absolute atomic E-state index is 0.00651. The van der Waals surface area contributed by atoms with Gasteiger partial charge in [-0.2, -0.15) is 0 Å². The van der Waals surface area contributed by atoms with Crippen molar-refractivity contribution in [2.24, 2.45) is 0 Å². The van der Waals surface area contributed by atoms with Crippen LogP contribution in [0.5, 0.6) is 5.75 Å². The number of para-hydroxylation sites is 1. The number of hydrogen-bond acceptors (Lipinski definition) is 5. The van der Waals surface area contributed by atoms with Gasteiger partial charge in [-0.15, -0.1) is 0 Å². The number of furan rings is 1. The van der Waals surface area contributed by atoms with Crippen LogP contribution >= 0.6 is 15.9 Å². The molecule has 1 N–H and O–H groups in total. The third-order valence-electron chi connectivity index (χ3n) is 4.16. The number of fused-ring (bicyclic) bond motifs is 1. The van der Waals surface area contributed by atoms with Crippen molar-refractivity contribution in [1.82, 2.24) is 0 Å². The summed E-state index contributed by atoms with van der Waals surface area (Å²) in [5.74, 6) is 1.05. The molecule has 27 heavy (non-hydrogen) atoms. The lowest BCUT2D eigenvalue weighted by Crippen LogP contribution is -2.09. The average molecular weight is 433 g/mol. The molecule has 3 aromatic rings. The van der Waals surface area contributed by atoms with Gasteiger partial charge >= 0.3 is 5.97 Å². The standard InChI is InChI=1S/C21H21BrO5/c1-2-25-21(24)11-14-5-3-4-6-18(14)26-13-17-16-12-15(22)7-8-19(16)27-20(17)9-10-23/h3-8,12,23H,2,9-11,13H2,1H3. The van der Waals surface area contributed by atoms with Gasteiger partial charge in [0.15, 0.2) is 0 Å². The highest BCUT2D eigenvalue weighted by atomic mass is 79.9. The highest BCUT2D eigenvalue weighted by Crippen LogP contribution is 2.31. The second-order valence-corrected chi connectivity index (χ2v) is 6.91. The summed E-state index contributed by atoms with van der Waals surface area (Å²) in [4.78, 5) is 11.8. The maximum absolute atomic E-state index is 11.8. The Labute approximate surface area is 166 Å². The SMILES string of the molecule is CCOC(=O)Cc1ccccc1OCc1c(CCO)oc2ccc(Br)cc12. The molecule has 0 radical (unpaired) electrons. The van der Waals surface area contributed by atoms with E-state index in [2.05, 4.69) is 15.9 Å². The summed E-state index contributed by atoms with van der Waals surface area (Å²) in [5, 5.41) is 10.3. The van der Waals surface area contributed by atoms with Gasteiger partial charge in [0.2, 0.25) is 0 Å². The molecule has 6 heteroatoms. The fraction of sp³-hybridized carbons (Fsp3) is 0.286. The molecule has 0 aliphatic heterocycles. The van der Waals surface area contributed by atoms with Gasteiger partial charge < -0.3 is 19.0 Å². The van der Waals surface area contributed by atoms with Crippen molar-refractivity contribution in [1.29, 1.82) is 0 Å². The van der Waals surface area contributed by atoms with E-state index in [-0.39, 0.29) is 25.6 Å². The Kier molecular flexibility index (Phi) is 6.53. The third kappa shape index (κ3) is 4.70. The number of carbonyl (C=O) groups excluding carboxylic acids is 1. The van der Waals surface area contributed by atoms with Crippen LogP contribution < -0.4 is 4.74 Å². The number of esters is 1. The number of carbonyl (C=O) groups is 1. The van der Waals surface area contributed by atoms with E-state index in [1.165, 1.54) is 0 Å². The summed E-state index contributed by atoms with van der Waals surface area (Å²) < 4.78 is 17.9. The van der Waals surface area contributed by atoms with Crippen LogP contribution in [-0.2, 0) is 29.0 Å². The molecule has 0 amide bonds. The van der Waals surface area contributed by atoms with Crippen LogP contribution in [0.2, 0.25) is 0 Å². The minimum atomic E-state index is -0.285. The number of hydrogen-bond donors (Lipinski definition) is 1. The highest BCUT2D eigenvalue weighted by Gasteiger charge is 2.16. The van der Waals surface area contributed by atoms with E-state index in [1.807, 2.05) is 42.5 Å². The zero-order chi connectivity index (χ0) is 19.2. The van der Waals surface area contributed by atoms with Crippen molar-refractivity contribution < 1.29 is 23.8 Å². The normalized spacial score (nSPS) is 10.9. The number of rotatable bonds is 8. The van der Waals surface area contributed by atoms with Crippen molar-refractivity contribution in [3.8, 4) is 5.75 Å². The number of benzene rings is 2. The lowest BCUT2D eigenvalue weighted by molar-refractivity contribution is -0.142. The van der Waals surface area contributed by atoms with Crippen molar-refractivity contribution in [2.45, 2.75) is 26.4 Å². The third-order valence-corrected chi connectivity index (χ3v) is 4.65. The van der Waals surface area contributed by atoms with Crippen molar-refractivity contribution in [2.75, 3.05) is 13.2 Å². The van der Waals surface area contributed by atoms with Crippen molar-refractivity contribution in [3.63, 3.8) is 0 Å². The van der Waals surface area contributed by atoms with Crippen LogP contribution in [0.4, 0.5) is 0 Å². The van der Waals surface area contributed by atoms with Gasteiger partial charge in [0.25, 0.3) is 0 Å². The van der Waals surface area contributed by atoms with Crippen LogP contribution in [0.3, 0.4) is 0 Å². The largest absolute Gasteiger partial charge is 0.488 e. The maximum Gasteiger partial charge on any atom is 0.310 e. The lowest BCUT2D eigenvalue weighted by atomic mass is 10.1. The summed E-state index contributed by atoms with van der Waals surface area (Å²) in [6, 6.07) is 13.2. The molecule has 0 unspecified atom stereocenters. The predicted octanol–water partition coefficient (Wildman–Crippen LogP) is 4.41. The molecule has 0 aliphatic carbocycles. The fourth-order valence-corrected chi connectivity index (χ4v) is 3.30. The van der Waals surface area contributed by atoms with E-state index < -0.39 is 0 Å². The highest BCUT2D eigenvalue weighted by molar-refractivity contribution is 9.10. The molecule has 1 heterocycles. The molecule has 1 aromatic heterocycles. The van der Waals surface area contributed by atoms with Gasteiger partial charge in [-0.05, 0) is 31.2 Å².